The van der Waals surface area contributed by atoms with Gasteiger partial charge in [0.2, 0.25) is 0 Å². The lowest BCUT2D eigenvalue weighted by molar-refractivity contribution is 0.122. The maximum Gasteiger partial charge on any atom is 0.0926 e. The molecule has 1 fully saturated rings. The molecule has 4 heteroatoms. The molecule has 2 N–H and O–H groups in total. The zero-order valence-corrected chi connectivity index (χ0v) is 12.9. The summed E-state index contributed by atoms with van der Waals surface area (Å²) in [6.45, 7) is 13.5. The normalized spacial score (nSPS) is 17.9. The van der Waals surface area contributed by atoms with Gasteiger partial charge in [0, 0.05) is 32.2 Å². The Balaban J connectivity index is 0.00000137. The highest BCUT2D eigenvalue weighted by molar-refractivity contribution is 5.76. The van der Waals surface area contributed by atoms with Crippen LogP contribution in [0.3, 0.4) is 0 Å². The summed E-state index contributed by atoms with van der Waals surface area (Å²) in [6.07, 6.45) is 2.46. The third kappa shape index (κ3) is 5.83. The number of piperazine rings is 1. The fourth-order valence-corrected chi connectivity index (χ4v) is 2.38. The highest BCUT2D eigenvalue weighted by atomic mass is 15.3. The van der Waals surface area contributed by atoms with E-state index in [0.29, 0.717) is 11.9 Å². The molecule has 0 aromatic heterocycles. The zero-order chi connectivity index (χ0) is 14.0. The SMILES string of the molecule is CC.CCC(CCNC)N1CCN(C(C)=N)CC1. The third-order valence-electron chi connectivity index (χ3n) is 3.50. The van der Waals surface area contributed by atoms with Crippen LogP contribution in [0.25, 0.3) is 0 Å². The number of hydrogen-bond acceptors (Lipinski definition) is 3. The fourth-order valence-electron chi connectivity index (χ4n) is 2.38. The third-order valence-corrected chi connectivity index (χ3v) is 3.50. The molecule has 0 spiro atoms. The number of hydrogen-bond donors (Lipinski definition) is 2. The van der Waals surface area contributed by atoms with Crippen LogP contribution < -0.4 is 5.32 Å². The molecule has 0 saturated carbocycles. The number of nitrogens with zero attached hydrogens (tertiary/aromatic N) is 2. The van der Waals surface area contributed by atoms with Crippen molar-refractivity contribution in [2.24, 2.45) is 0 Å². The van der Waals surface area contributed by atoms with Crippen molar-refractivity contribution in [3.8, 4) is 0 Å². The van der Waals surface area contributed by atoms with Gasteiger partial charge in [0.1, 0.15) is 0 Å². The highest BCUT2D eigenvalue weighted by Gasteiger charge is 2.22. The van der Waals surface area contributed by atoms with Crippen LogP contribution in [0.1, 0.15) is 40.5 Å². The molecule has 1 saturated heterocycles. The van der Waals surface area contributed by atoms with E-state index in [1.54, 1.807) is 0 Å². The second-order valence-corrected chi connectivity index (χ2v) is 4.56. The van der Waals surface area contributed by atoms with Crippen LogP contribution in [-0.2, 0) is 0 Å². The molecular formula is C14H32N4. The predicted molar refractivity (Wildman–Crippen MR) is 80.5 cm³/mol. The summed E-state index contributed by atoms with van der Waals surface area (Å²) in [4.78, 5) is 4.75. The molecule has 4 nitrogen and oxygen atoms in total. The van der Waals surface area contributed by atoms with Gasteiger partial charge in [-0.05, 0) is 33.4 Å². The molecule has 0 aliphatic carbocycles. The molecule has 1 heterocycles. The molecule has 0 aromatic carbocycles. The van der Waals surface area contributed by atoms with Crippen molar-refractivity contribution in [3.63, 3.8) is 0 Å². The standard InChI is InChI=1S/C12H26N4.C2H6/c1-4-12(5-6-14-3)16-9-7-15(8-10-16)11(2)13;1-2/h12-14H,4-10H2,1-3H3;1-2H3. The largest absolute Gasteiger partial charge is 0.358 e. The Bertz CT molecular complexity index is 210. The summed E-state index contributed by atoms with van der Waals surface area (Å²) >= 11 is 0. The van der Waals surface area contributed by atoms with Gasteiger partial charge < -0.3 is 10.2 Å². The van der Waals surface area contributed by atoms with Crippen molar-refractivity contribution in [1.29, 1.82) is 5.41 Å². The molecule has 108 valence electrons. The van der Waals surface area contributed by atoms with Crippen LogP contribution in [0.2, 0.25) is 0 Å². The molecule has 1 atom stereocenters. The lowest BCUT2D eigenvalue weighted by Gasteiger charge is -2.39. The maximum atomic E-state index is 7.62. The molecule has 0 radical (unpaired) electrons. The average Bonchev–Trinajstić information content (AvgIpc) is 2.42. The molecule has 1 unspecified atom stereocenters. The zero-order valence-electron chi connectivity index (χ0n) is 12.9. The first-order chi connectivity index (χ1) is 8.69. The molecule has 0 amide bonds. The number of nitrogens with one attached hydrogen (secondary N) is 2. The van der Waals surface area contributed by atoms with Crippen LogP contribution >= 0.6 is 0 Å². The second-order valence-electron chi connectivity index (χ2n) is 4.56. The summed E-state index contributed by atoms with van der Waals surface area (Å²) in [5, 5.41) is 10.8. The summed E-state index contributed by atoms with van der Waals surface area (Å²) in [6, 6.07) is 0.709. The predicted octanol–water partition coefficient (Wildman–Crippen LogP) is 2.02. The molecule has 1 rings (SSSR count). The highest BCUT2D eigenvalue weighted by Crippen LogP contribution is 2.12. The molecule has 0 bridgehead atoms. The smallest absolute Gasteiger partial charge is 0.0926 e. The number of amidine groups is 1. The van der Waals surface area contributed by atoms with E-state index in [2.05, 4.69) is 22.0 Å². The van der Waals surface area contributed by atoms with Gasteiger partial charge >= 0.3 is 0 Å². The van der Waals surface area contributed by atoms with Crippen molar-refractivity contribution in [3.05, 3.63) is 0 Å². The van der Waals surface area contributed by atoms with E-state index in [1.807, 2.05) is 27.8 Å². The Morgan fingerprint density at radius 2 is 1.78 bits per heavy atom. The monoisotopic (exact) mass is 256 g/mol. The van der Waals surface area contributed by atoms with E-state index in [-0.39, 0.29) is 0 Å². The lowest BCUT2D eigenvalue weighted by atomic mass is 10.1. The van der Waals surface area contributed by atoms with Crippen molar-refractivity contribution in [2.75, 3.05) is 39.8 Å². The molecule has 0 aromatic rings. The minimum Gasteiger partial charge on any atom is -0.358 e. The molecular weight excluding hydrogens is 224 g/mol. The van der Waals surface area contributed by atoms with Crippen LogP contribution in [0, 0.1) is 5.41 Å². The van der Waals surface area contributed by atoms with Crippen molar-refractivity contribution < 1.29 is 0 Å². The van der Waals surface area contributed by atoms with E-state index < -0.39 is 0 Å². The number of rotatable bonds is 5. The van der Waals surface area contributed by atoms with E-state index in [0.717, 1.165) is 32.7 Å². The van der Waals surface area contributed by atoms with E-state index >= 15 is 0 Å². The Hall–Kier alpha value is -0.610. The second kappa shape index (κ2) is 10.3. The van der Waals surface area contributed by atoms with Gasteiger partial charge in [-0.25, -0.2) is 0 Å². The lowest BCUT2D eigenvalue weighted by Crippen LogP contribution is -2.51. The Morgan fingerprint density at radius 1 is 1.22 bits per heavy atom. The van der Waals surface area contributed by atoms with Gasteiger partial charge in [0.25, 0.3) is 0 Å². The van der Waals surface area contributed by atoms with Gasteiger partial charge in [0.05, 0.1) is 5.84 Å². The van der Waals surface area contributed by atoms with Crippen molar-refractivity contribution in [1.82, 2.24) is 15.1 Å². The Morgan fingerprint density at radius 3 is 2.17 bits per heavy atom. The van der Waals surface area contributed by atoms with Gasteiger partial charge in [-0.3, -0.25) is 10.3 Å². The van der Waals surface area contributed by atoms with Crippen LogP contribution in [0.4, 0.5) is 0 Å². The van der Waals surface area contributed by atoms with Crippen LogP contribution in [0.5, 0.6) is 0 Å². The first-order valence-electron chi connectivity index (χ1n) is 7.37. The van der Waals surface area contributed by atoms with E-state index in [9.17, 15) is 0 Å². The Kier molecular flexibility index (Phi) is 9.98. The molecule has 18 heavy (non-hydrogen) atoms. The van der Waals surface area contributed by atoms with E-state index in [1.165, 1.54) is 12.8 Å². The van der Waals surface area contributed by atoms with Gasteiger partial charge in [0.15, 0.2) is 0 Å². The first-order valence-corrected chi connectivity index (χ1v) is 7.37. The van der Waals surface area contributed by atoms with Crippen LogP contribution in [0.15, 0.2) is 0 Å². The molecule has 1 aliphatic heterocycles. The fraction of sp³-hybridized carbons (Fsp3) is 0.929. The summed E-state index contributed by atoms with van der Waals surface area (Å²) < 4.78 is 0. The van der Waals surface area contributed by atoms with Crippen molar-refractivity contribution in [2.45, 2.75) is 46.6 Å². The Labute approximate surface area is 113 Å². The summed E-state index contributed by atoms with van der Waals surface area (Å²) in [5.74, 6) is 0.711. The summed E-state index contributed by atoms with van der Waals surface area (Å²) in [5.41, 5.74) is 0. The molecule has 1 aliphatic rings. The van der Waals surface area contributed by atoms with Crippen molar-refractivity contribution >= 4 is 5.84 Å². The van der Waals surface area contributed by atoms with Gasteiger partial charge in [-0.2, -0.15) is 0 Å². The van der Waals surface area contributed by atoms with Crippen LogP contribution in [-0.4, -0.2) is 61.4 Å². The minimum absolute atomic E-state index is 0.709. The average molecular weight is 256 g/mol. The maximum absolute atomic E-state index is 7.62. The quantitative estimate of drug-likeness (QED) is 0.584. The first kappa shape index (κ1) is 17.4. The topological polar surface area (TPSA) is 42.4 Å². The van der Waals surface area contributed by atoms with Gasteiger partial charge in [-0.1, -0.05) is 20.8 Å². The minimum atomic E-state index is 0.709. The summed E-state index contributed by atoms with van der Waals surface area (Å²) in [7, 11) is 2.02. The van der Waals surface area contributed by atoms with E-state index in [4.69, 9.17) is 5.41 Å². The van der Waals surface area contributed by atoms with Gasteiger partial charge in [-0.15, -0.1) is 0 Å².